The normalized spacial score (nSPS) is 13.8. The summed E-state index contributed by atoms with van der Waals surface area (Å²) in [4.78, 5) is 40.0. The van der Waals surface area contributed by atoms with E-state index in [1.807, 2.05) is 6.92 Å². The molecule has 194 valence electrons. The highest BCUT2D eigenvalue weighted by Gasteiger charge is 2.21. The Labute approximate surface area is 219 Å². The van der Waals surface area contributed by atoms with E-state index in [1.165, 1.54) is 24.5 Å². The van der Waals surface area contributed by atoms with Crippen LogP contribution in [0.1, 0.15) is 46.2 Å². The van der Waals surface area contributed by atoms with Gasteiger partial charge in [-0.15, -0.1) is 0 Å². The van der Waals surface area contributed by atoms with Gasteiger partial charge in [0.1, 0.15) is 22.6 Å². The molecular formula is C26H28ClN5O5. The van der Waals surface area contributed by atoms with Gasteiger partial charge in [-0.1, -0.05) is 11.6 Å². The van der Waals surface area contributed by atoms with Crippen molar-refractivity contribution in [1.82, 2.24) is 19.9 Å². The molecule has 3 aromatic rings. The van der Waals surface area contributed by atoms with E-state index in [0.717, 1.165) is 31.6 Å². The minimum atomic E-state index is -0.432. The topological polar surface area (TPSA) is 116 Å². The van der Waals surface area contributed by atoms with E-state index >= 15 is 0 Å². The summed E-state index contributed by atoms with van der Waals surface area (Å²) in [6.07, 6.45) is 6.16. The average Bonchev–Trinajstić information content (AvgIpc) is 3.41. The number of hydrogen-bond acceptors (Lipinski definition) is 8. The van der Waals surface area contributed by atoms with Crippen LogP contribution in [0.15, 0.2) is 42.9 Å². The van der Waals surface area contributed by atoms with Gasteiger partial charge in [-0.05, 0) is 44.9 Å². The Kier molecular flexibility index (Phi) is 8.52. The molecule has 1 aromatic carbocycles. The number of ether oxygens (including phenoxy) is 3. The van der Waals surface area contributed by atoms with Crippen molar-refractivity contribution in [3.8, 4) is 17.4 Å². The van der Waals surface area contributed by atoms with Crippen LogP contribution in [0.3, 0.4) is 0 Å². The molecule has 1 fully saturated rings. The van der Waals surface area contributed by atoms with Gasteiger partial charge < -0.3 is 24.4 Å². The van der Waals surface area contributed by atoms with Gasteiger partial charge in [0.15, 0.2) is 5.82 Å². The van der Waals surface area contributed by atoms with Gasteiger partial charge in [0.05, 0.1) is 30.3 Å². The fourth-order valence-corrected chi connectivity index (χ4v) is 4.01. The Bertz CT molecular complexity index is 1260. The number of rotatable bonds is 9. The maximum absolute atomic E-state index is 13.0. The van der Waals surface area contributed by atoms with E-state index in [4.69, 9.17) is 25.8 Å². The summed E-state index contributed by atoms with van der Waals surface area (Å²) in [5.74, 6) is 0.518. The van der Waals surface area contributed by atoms with Crippen molar-refractivity contribution in [3.05, 3.63) is 64.7 Å². The number of likely N-dealkylation sites (tertiary alicyclic amines) is 1. The minimum absolute atomic E-state index is 0.0949. The molecule has 2 amide bonds. The molecule has 10 nitrogen and oxygen atoms in total. The van der Waals surface area contributed by atoms with Gasteiger partial charge in [-0.3, -0.25) is 14.6 Å². The predicted octanol–water partition coefficient (Wildman–Crippen LogP) is 4.53. The van der Waals surface area contributed by atoms with E-state index in [2.05, 4.69) is 20.3 Å². The molecule has 1 aliphatic rings. The quantitative estimate of drug-likeness (QED) is 0.433. The molecular weight excluding hydrogens is 498 g/mol. The Morgan fingerprint density at radius 2 is 1.78 bits per heavy atom. The highest BCUT2D eigenvalue weighted by molar-refractivity contribution is 6.32. The summed E-state index contributed by atoms with van der Waals surface area (Å²) >= 11 is 6.42. The maximum Gasteiger partial charge on any atom is 0.257 e. The highest BCUT2D eigenvalue weighted by Crippen LogP contribution is 2.32. The SMILES string of the molecule is COC[C@H](C)Oc1cc(Oc2ncc(C(=O)N3CCCC3)cc2Cl)cc(C(=O)Nc2cnc(C)cn2)c1. The lowest BCUT2D eigenvalue weighted by molar-refractivity contribution is 0.0792. The number of methoxy groups -OCH3 is 1. The van der Waals surface area contributed by atoms with Crippen molar-refractivity contribution in [2.75, 3.05) is 32.1 Å². The number of pyridine rings is 1. The summed E-state index contributed by atoms with van der Waals surface area (Å²) in [6.45, 7) is 5.45. The molecule has 1 atom stereocenters. The third-order valence-electron chi connectivity index (χ3n) is 5.57. The molecule has 0 spiro atoms. The van der Waals surface area contributed by atoms with Crippen LogP contribution in [0.25, 0.3) is 0 Å². The Balaban J connectivity index is 1.57. The summed E-state index contributed by atoms with van der Waals surface area (Å²) in [7, 11) is 1.58. The van der Waals surface area contributed by atoms with Crippen molar-refractivity contribution >= 4 is 29.2 Å². The fourth-order valence-electron chi connectivity index (χ4n) is 3.81. The first-order chi connectivity index (χ1) is 17.8. The molecule has 0 unspecified atom stereocenters. The van der Waals surface area contributed by atoms with Crippen LogP contribution in [0.5, 0.6) is 17.4 Å². The Morgan fingerprint density at radius 3 is 2.46 bits per heavy atom. The van der Waals surface area contributed by atoms with Gasteiger partial charge in [0, 0.05) is 38.0 Å². The van der Waals surface area contributed by atoms with Gasteiger partial charge in [-0.25, -0.2) is 9.97 Å². The van der Waals surface area contributed by atoms with Crippen molar-refractivity contribution < 1.29 is 23.8 Å². The first-order valence-corrected chi connectivity index (χ1v) is 12.2. The number of carbonyl (C=O) groups is 2. The van der Waals surface area contributed by atoms with E-state index in [1.54, 1.807) is 37.3 Å². The van der Waals surface area contributed by atoms with Crippen molar-refractivity contribution in [2.24, 2.45) is 0 Å². The molecule has 0 aliphatic carbocycles. The van der Waals surface area contributed by atoms with Crippen molar-refractivity contribution in [3.63, 3.8) is 0 Å². The second-order valence-electron chi connectivity index (χ2n) is 8.69. The first-order valence-electron chi connectivity index (χ1n) is 11.9. The van der Waals surface area contributed by atoms with Crippen LogP contribution < -0.4 is 14.8 Å². The molecule has 37 heavy (non-hydrogen) atoms. The monoisotopic (exact) mass is 525 g/mol. The lowest BCUT2D eigenvalue weighted by Gasteiger charge is -2.17. The van der Waals surface area contributed by atoms with Crippen molar-refractivity contribution in [2.45, 2.75) is 32.8 Å². The molecule has 0 radical (unpaired) electrons. The molecule has 11 heteroatoms. The Hall–Kier alpha value is -3.76. The first kappa shape index (κ1) is 26.3. The van der Waals surface area contributed by atoms with E-state index in [0.29, 0.717) is 23.7 Å². The predicted molar refractivity (Wildman–Crippen MR) is 138 cm³/mol. The van der Waals surface area contributed by atoms with Gasteiger partial charge in [-0.2, -0.15) is 0 Å². The van der Waals surface area contributed by atoms with Crippen molar-refractivity contribution in [1.29, 1.82) is 0 Å². The molecule has 1 N–H and O–H groups in total. The van der Waals surface area contributed by atoms with Crippen LogP contribution in [0.4, 0.5) is 5.82 Å². The molecule has 1 aliphatic heterocycles. The summed E-state index contributed by atoms with van der Waals surface area (Å²) in [5.41, 5.74) is 1.38. The lowest BCUT2D eigenvalue weighted by Crippen LogP contribution is -2.27. The van der Waals surface area contributed by atoms with E-state index in [-0.39, 0.29) is 34.2 Å². The molecule has 4 rings (SSSR count). The van der Waals surface area contributed by atoms with Crippen LogP contribution in [0, 0.1) is 6.92 Å². The van der Waals surface area contributed by atoms with Crippen LogP contribution in [0.2, 0.25) is 5.02 Å². The standard InChI is InChI=1S/C26H28ClN5O5/c1-16-12-29-23(14-28-16)31-24(33)18-8-20(36-17(2)15-35-3)11-21(9-18)37-25-22(27)10-19(13-30-25)26(34)32-6-4-5-7-32/h8-14,17H,4-7,15H2,1-3H3,(H,29,31,33)/t17-/m0/s1. The third-order valence-corrected chi connectivity index (χ3v) is 5.84. The maximum atomic E-state index is 13.0. The summed E-state index contributed by atoms with van der Waals surface area (Å²) < 4.78 is 17.0. The number of hydrogen-bond donors (Lipinski definition) is 1. The molecule has 1 saturated heterocycles. The number of amides is 2. The number of benzene rings is 1. The zero-order valence-corrected chi connectivity index (χ0v) is 21.6. The fraction of sp³-hybridized carbons (Fsp3) is 0.346. The van der Waals surface area contributed by atoms with Crippen LogP contribution >= 0.6 is 11.6 Å². The molecule has 0 bridgehead atoms. The number of anilines is 1. The third kappa shape index (κ3) is 6.93. The summed E-state index contributed by atoms with van der Waals surface area (Å²) in [5, 5.41) is 2.88. The second kappa shape index (κ2) is 12.0. The van der Waals surface area contributed by atoms with Gasteiger partial charge in [0.2, 0.25) is 5.88 Å². The zero-order valence-electron chi connectivity index (χ0n) is 20.9. The Morgan fingerprint density at radius 1 is 1.03 bits per heavy atom. The number of carbonyl (C=O) groups excluding carboxylic acids is 2. The highest BCUT2D eigenvalue weighted by atomic mass is 35.5. The smallest absolute Gasteiger partial charge is 0.257 e. The number of halogens is 1. The minimum Gasteiger partial charge on any atom is -0.488 e. The molecule has 0 saturated carbocycles. The molecule has 2 aromatic heterocycles. The van der Waals surface area contributed by atoms with E-state index < -0.39 is 5.91 Å². The van der Waals surface area contributed by atoms with Crippen LogP contribution in [-0.2, 0) is 4.74 Å². The average molecular weight is 526 g/mol. The number of aryl methyl sites for hydroxylation is 1. The lowest BCUT2D eigenvalue weighted by atomic mass is 10.2. The number of nitrogens with one attached hydrogen (secondary N) is 1. The molecule has 3 heterocycles. The van der Waals surface area contributed by atoms with E-state index in [9.17, 15) is 9.59 Å². The second-order valence-corrected chi connectivity index (χ2v) is 9.09. The van der Waals surface area contributed by atoms with Crippen LogP contribution in [-0.4, -0.2) is 64.6 Å². The number of nitrogens with zero attached hydrogens (tertiary/aromatic N) is 4. The van der Waals surface area contributed by atoms with Gasteiger partial charge in [0.25, 0.3) is 11.8 Å². The summed E-state index contributed by atoms with van der Waals surface area (Å²) in [6, 6.07) is 6.28. The number of aromatic nitrogens is 3. The van der Waals surface area contributed by atoms with Gasteiger partial charge >= 0.3 is 0 Å². The largest absolute Gasteiger partial charge is 0.488 e. The zero-order chi connectivity index (χ0) is 26.4.